The van der Waals surface area contributed by atoms with Gasteiger partial charge in [0.15, 0.2) is 5.65 Å². The summed E-state index contributed by atoms with van der Waals surface area (Å²) in [6.07, 6.45) is 6.40. The van der Waals surface area contributed by atoms with Crippen molar-refractivity contribution in [1.29, 1.82) is 5.26 Å². The standard InChI is InChI=1S/C16H11N7O/c17-5-11-3-1-2-4-12(11)9-23-15-13(7-19-23)6-18-16(22-15)21-14-8-20-24-10-14/h1-4,6-8,10H,9H2,(H,18,21,22). The molecule has 1 N–H and O–H groups in total. The number of nitriles is 1. The molecule has 0 saturated heterocycles. The highest BCUT2D eigenvalue weighted by Crippen LogP contribution is 2.17. The van der Waals surface area contributed by atoms with Gasteiger partial charge in [0.05, 0.1) is 36.0 Å². The Hall–Kier alpha value is -3.73. The molecule has 0 radical (unpaired) electrons. The third-order valence-electron chi connectivity index (χ3n) is 3.52. The van der Waals surface area contributed by atoms with Crippen molar-refractivity contribution in [2.24, 2.45) is 0 Å². The van der Waals surface area contributed by atoms with Gasteiger partial charge in [0.2, 0.25) is 5.95 Å². The van der Waals surface area contributed by atoms with Crippen LogP contribution in [-0.2, 0) is 6.54 Å². The van der Waals surface area contributed by atoms with Crippen LogP contribution in [0, 0.1) is 11.3 Å². The number of nitrogens with zero attached hydrogens (tertiary/aromatic N) is 6. The number of aromatic nitrogens is 5. The molecule has 0 unspecified atom stereocenters. The van der Waals surface area contributed by atoms with E-state index in [0.717, 1.165) is 10.9 Å². The minimum atomic E-state index is 0.418. The monoisotopic (exact) mass is 317 g/mol. The second-order valence-corrected chi connectivity index (χ2v) is 5.08. The molecular weight excluding hydrogens is 306 g/mol. The molecule has 8 heteroatoms. The van der Waals surface area contributed by atoms with E-state index in [9.17, 15) is 5.26 Å². The maximum Gasteiger partial charge on any atom is 0.229 e. The highest BCUT2D eigenvalue weighted by atomic mass is 16.5. The molecule has 4 aromatic rings. The van der Waals surface area contributed by atoms with Gasteiger partial charge in [0, 0.05) is 6.20 Å². The van der Waals surface area contributed by atoms with Crippen molar-refractivity contribution >= 4 is 22.7 Å². The third-order valence-corrected chi connectivity index (χ3v) is 3.52. The summed E-state index contributed by atoms with van der Waals surface area (Å²) < 4.78 is 6.51. The lowest BCUT2D eigenvalue weighted by Gasteiger charge is -2.06. The van der Waals surface area contributed by atoms with Crippen molar-refractivity contribution in [3.63, 3.8) is 0 Å². The first-order valence-electron chi connectivity index (χ1n) is 7.16. The van der Waals surface area contributed by atoms with Gasteiger partial charge < -0.3 is 9.84 Å². The SMILES string of the molecule is N#Cc1ccccc1Cn1ncc2cnc(Nc3cnoc3)nc21. The summed E-state index contributed by atoms with van der Waals surface area (Å²) in [5.74, 6) is 0.418. The molecule has 1 aromatic carbocycles. The summed E-state index contributed by atoms with van der Waals surface area (Å²) in [6.45, 7) is 0.455. The third kappa shape index (κ3) is 2.55. The molecule has 0 aliphatic heterocycles. The van der Waals surface area contributed by atoms with Gasteiger partial charge in [0.1, 0.15) is 12.0 Å². The molecule has 0 amide bonds. The zero-order valence-corrected chi connectivity index (χ0v) is 12.4. The Morgan fingerprint density at radius 2 is 2.12 bits per heavy atom. The van der Waals surface area contributed by atoms with Crippen molar-refractivity contribution in [1.82, 2.24) is 24.9 Å². The van der Waals surface area contributed by atoms with Crippen LogP contribution in [0.2, 0.25) is 0 Å². The minimum Gasteiger partial charge on any atom is -0.363 e. The smallest absolute Gasteiger partial charge is 0.229 e. The van der Waals surface area contributed by atoms with Crippen molar-refractivity contribution in [3.8, 4) is 6.07 Å². The van der Waals surface area contributed by atoms with Crippen LogP contribution in [0.1, 0.15) is 11.1 Å². The van der Waals surface area contributed by atoms with Crippen LogP contribution in [0.4, 0.5) is 11.6 Å². The molecule has 0 atom stereocenters. The lowest BCUT2D eigenvalue weighted by molar-refractivity contribution is 0.420. The molecule has 8 nitrogen and oxygen atoms in total. The molecule has 24 heavy (non-hydrogen) atoms. The number of anilines is 2. The number of rotatable bonds is 4. The van der Waals surface area contributed by atoms with Gasteiger partial charge in [-0.3, -0.25) is 0 Å². The maximum absolute atomic E-state index is 9.22. The van der Waals surface area contributed by atoms with Gasteiger partial charge in [-0.15, -0.1) is 0 Å². The summed E-state index contributed by atoms with van der Waals surface area (Å²) in [6, 6.07) is 9.62. The van der Waals surface area contributed by atoms with Crippen LogP contribution in [0.3, 0.4) is 0 Å². The lowest BCUT2D eigenvalue weighted by atomic mass is 10.1. The van der Waals surface area contributed by atoms with E-state index in [1.54, 1.807) is 23.1 Å². The van der Waals surface area contributed by atoms with Gasteiger partial charge in [-0.25, -0.2) is 9.67 Å². The van der Waals surface area contributed by atoms with E-state index >= 15 is 0 Å². The summed E-state index contributed by atoms with van der Waals surface area (Å²) >= 11 is 0. The van der Waals surface area contributed by atoms with Gasteiger partial charge in [0.25, 0.3) is 0 Å². The average Bonchev–Trinajstić information content (AvgIpc) is 3.26. The molecule has 0 fully saturated rings. The fourth-order valence-electron chi connectivity index (χ4n) is 2.37. The first-order chi connectivity index (χ1) is 11.8. The highest BCUT2D eigenvalue weighted by Gasteiger charge is 2.10. The summed E-state index contributed by atoms with van der Waals surface area (Å²) in [7, 11) is 0. The Morgan fingerprint density at radius 3 is 2.96 bits per heavy atom. The van der Waals surface area contributed by atoms with E-state index in [1.807, 2.05) is 18.2 Å². The molecule has 4 rings (SSSR count). The van der Waals surface area contributed by atoms with E-state index in [0.29, 0.717) is 29.4 Å². The summed E-state index contributed by atoms with van der Waals surface area (Å²) in [4.78, 5) is 8.73. The Balaban J connectivity index is 1.69. The van der Waals surface area contributed by atoms with E-state index in [2.05, 4.69) is 31.6 Å². The first-order valence-corrected chi connectivity index (χ1v) is 7.16. The molecule has 116 valence electrons. The summed E-state index contributed by atoms with van der Waals surface area (Å²) in [5.41, 5.74) is 2.85. The molecule has 0 bridgehead atoms. The molecule has 0 aliphatic rings. The molecule has 3 aromatic heterocycles. The topological polar surface area (TPSA) is 105 Å². The Bertz CT molecular complexity index is 1030. The second kappa shape index (κ2) is 5.81. The quantitative estimate of drug-likeness (QED) is 0.616. The van der Waals surface area contributed by atoms with Crippen molar-refractivity contribution in [3.05, 3.63) is 60.2 Å². The Labute approximate surface area is 136 Å². The van der Waals surface area contributed by atoms with Crippen LogP contribution in [0.25, 0.3) is 11.0 Å². The van der Waals surface area contributed by atoms with E-state index < -0.39 is 0 Å². The van der Waals surface area contributed by atoms with Crippen LogP contribution in [0.15, 0.2) is 53.6 Å². The Morgan fingerprint density at radius 1 is 1.21 bits per heavy atom. The van der Waals surface area contributed by atoms with Gasteiger partial charge in [-0.05, 0) is 11.6 Å². The summed E-state index contributed by atoms with van der Waals surface area (Å²) in [5, 5.41) is 21.0. The highest BCUT2D eigenvalue weighted by molar-refractivity contribution is 5.75. The molecule has 0 aliphatic carbocycles. The number of hydrogen-bond donors (Lipinski definition) is 1. The zero-order valence-electron chi connectivity index (χ0n) is 12.4. The number of nitrogens with one attached hydrogen (secondary N) is 1. The van der Waals surface area contributed by atoms with Crippen molar-refractivity contribution < 1.29 is 4.52 Å². The van der Waals surface area contributed by atoms with Gasteiger partial charge >= 0.3 is 0 Å². The number of benzene rings is 1. The number of hydrogen-bond acceptors (Lipinski definition) is 7. The van der Waals surface area contributed by atoms with Gasteiger partial charge in [-0.2, -0.15) is 15.3 Å². The Kier molecular flexibility index (Phi) is 3.37. The maximum atomic E-state index is 9.22. The molecule has 0 spiro atoms. The molecule has 0 saturated carbocycles. The van der Waals surface area contributed by atoms with E-state index in [-0.39, 0.29) is 0 Å². The van der Waals surface area contributed by atoms with Crippen molar-refractivity contribution in [2.75, 3.05) is 5.32 Å². The van der Waals surface area contributed by atoms with Crippen LogP contribution >= 0.6 is 0 Å². The van der Waals surface area contributed by atoms with Crippen LogP contribution < -0.4 is 5.32 Å². The fourth-order valence-corrected chi connectivity index (χ4v) is 2.37. The second-order valence-electron chi connectivity index (χ2n) is 5.08. The first kappa shape index (κ1) is 13.9. The molecule has 3 heterocycles. The minimum absolute atomic E-state index is 0.418. The van der Waals surface area contributed by atoms with Gasteiger partial charge in [-0.1, -0.05) is 23.4 Å². The molecular formula is C16H11N7O. The normalized spacial score (nSPS) is 10.6. The number of fused-ring (bicyclic) bond motifs is 1. The van der Waals surface area contributed by atoms with Crippen LogP contribution in [-0.4, -0.2) is 24.9 Å². The zero-order chi connectivity index (χ0) is 16.4. The largest absolute Gasteiger partial charge is 0.363 e. The van der Waals surface area contributed by atoms with Crippen molar-refractivity contribution in [2.45, 2.75) is 6.54 Å². The van der Waals surface area contributed by atoms with Crippen LogP contribution in [0.5, 0.6) is 0 Å². The van der Waals surface area contributed by atoms with E-state index in [1.165, 1.54) is 12.5 Å². The lowest BCUT2D eigenvalue weighted by Crippen LogP contribution is -2.05. The fraction of sp³-hybridized carbons (Fsp3) is 0.0625. The average molecular weight is 317 g/mol. The predicted octanol–water partition coefficient (Wildman–Crippen LogP) is 2.48. The van der Waals surface area contributed by atoms with E-state index in [4.69, 9.17) is 4.52 Å². The predicted molar refractivity (Wildman–Crippen MR) is 85.4 cm³/mol.